The van der Waals surface area contributed by atoms with Gasteiger partial charge in [0.2, 0.25) is 5.91 Å². The Hall–Kier alpha value is -0.750. The highest BCUT2D eigenvalue weighted by Crippen LogP contribution is 2.28. The summed E-state index contributed by atoms with van der Waals surface area (Å²) in [6.07, 6.45) is 0. The quantitative estimate of drug-likeness (QED) is 0.737. The number of carboxylic acid groups (broad SMARTS) is 1. The molecule has 0 bridgehead atoms. The molecule has 1 rings (SSSR count). The highest BCUT2D eigenvalue weighted by atomic mass is 32.2. The second-order valence-corrected chi connectivity index (χ2v) is 5.17. The minimum Gasteiger partial charge on any atom is -0.480 e. The predicted molar refractivity (Wildman–Crippen MR) is 58.7 cm³/mol. The Balaban J connectivity index is 2.71. The van der Waals surface area contributed by atoms with Crippen molar-refractivity contribution in [3.05, 3.63) is 0 Å². The van der Waals surface area contributed by atoms with Gasteiger partial charge in [0.15, 0.2) is 0 Å². The van der Waals surface area contributed by atoms with Gasteiger partial charge in [0.05, 0.1) is 11.9 Å². The van der Waals surface area contributed by atoms with Crippen molar-refractivity contribution < 1.29 is 14.7 Å². The van der Waals surface area contributed by atoms with Gasteiger partial charge in [0.25, 0.3) is 0 Å². The molecule has 0 aromatic carbocycles. The lowest BCUT2D eigenvalue weighted by Gasteiger charge is -2.26. The van der Waals surface area contributed by atoms with Gasteiger partial charge >= 0.3 is 5.97 Å². The first-order valence-corrected chi connectivity index (χ1v) is 5.78. The van der Waals surface area contributed by atoms with Crippen molar-refractivity contribution in [2.45, 2.75) is 18.3 Å². The average Bonchev–Trinajstić information content (AvgIpc) is 2.45. The van der Waals surface area contributed by atoms with E-state index in [4.69, 9.17) is 5.11 Å². The molecular formula is C9H16N2O3S. The summed E-state index contributed by atoms with van der Waals surface area (Å²) in [6, 6.07) is -0.669. The van der Waals surface area contributed by atoms with E-state index in [0.29, 0.717) is 5.75 Å². The van der Waals surface area contributed by atoms with Gasteiger partial charge in [-0.3, -0.25) is 4.79 Å². The number of carbonyl (C=O) groups excluding carboxylic acids is 1. The Morgan fingerprint density at radius 2 is 2.13 bits per heavy atom. The maximum atomic E-state index is 11.8. The molecule has 0 spiro atoms. The van der Waals surface area contributed by atoms with Crippen molar-refractivity contribution in [3.8, 4) is 0 Å². The number of rotatable bonds is 3. The van der Waals surface area contributed by atoms with Crippen LogP contribution in [0.1, 0.15) is 6.92 Å². The largest absolute Gasteiger partial charge is 0.480 e. The number of nitrogens with zero attached hydrogens (tertiary/aromatic N) is 2. The van der Waals surface area contributed by atoms with Crippen LogP contribution in [0.2, 0.25) is 0 Å². The fraction of sp³-hybridized carbons (Fsp3) is 0.778. The molecule has 1 aliphatic rings. The van der Waals surface area contributed by atoms with E-state index in [1.54, 1.807) is 19.0 Å². The summed E-state index contributed by atoms with van der Waals surface area (Å²) in [5, 5.41) is 8.92. The van der Waals surface area contributed by atoms with Crippen LogP contribution in [0, 0.1) is 0 Å². The van der Waals surface area contributed by atoms with Crippen molar-refractivity contribution in [1.29, 1.82) is 0 Å². The molecule has 1 amide bonds. The number of amides is 1. The maximum absolute atomic E-state index is 11.8. The van der Waals surface area contributed by atoms with E-state index < -0.39 is 12.0 Å². The van der Waals surface area contributed by atoms with Gasteiger partial charge in [0, 0.05) is 5.75 Å². The summed E-state index contributed by atoms with van der Waals surface area (Å²) < 4.78 is 0. The average molecular weight is 232 g/mol. The molecule has 1 aliphatic heterocycles. The second kappa shape index (κ2) is 4.85. The number of thioether (sulfide) groups is 1. The molecule has 0 radical (unpaired) electrons. The number of carbonyl (C=O) groups is 2. The lowest BCUT2D eigenvalue weighted by molar-refractivity contribution is -0.149. The van der Waals surface area contributed by atoms with E-state index in [1.807, 2.05) is 6.92 Å². The first-order valence-electron chi connectivity index (χ1n) is 4.73. The Bertz CT molecular complexity index is 270. The molecule has 15 heavy (non-hydrogen) atoms. The van der Waals surface area contributed by atoms with Crippen molar-refractivity contribution in [2.24, 2.45) is 0 Å². The molecule has 0 aromatic heterocycles. The summed E-state index contributed by atoms with van der Waals surface area (Å²) in [7, 11) is 3.59. The first kappa shape index (κ1) is 12.3. The number of hydrogen-bond donors (Lipinski definition) is 1. The molecule has 0 aromatic rings. The van der Waals surface area contributed by atoms with Crippen LogP contribution in [0.4, 0.5) is 0 Å². The fourth-order valence-electron chi connectivity index (χ4n) is 1.56. The molecule has 1 fully saturated rings. The van der Waals surface area contributed by atoms with Crippen molar-refractivity contribution >= 4 is 23.6 Å². The van der Waals surface area contributed by atoms with Crippen LogP contribution < -0.4 is 0 Å². The van der Waals surface area contributed by atoms with E-state index in [9.17, 15) is 9.59 Å². The van der Waals surface area contributed by atoms with Crippen molar-refractivity contribution in [3.63, 3.8) is 0 Å². The molecule has 86 valence electrons. The van der Waals surface area contributed by atoms with Gasteiger partial charge in [-0.15, -0.1) is 11.8 Å². The molecule has 1 saturated heterocycles. The van der Waals surface area contributed by atoms with Crippen LogP contribution in [0.5, 0.6) is 0 Å². The highest BCUT2D eigenvalue weighted by Gasteiger charge is 2.39. The minimum absolute atomic E-state index is 0.0430. The smallest absolute Gasteiger partial charge is 0.327 e. The lowest BCUT2D eigenvalue weighted by atomic mass is 10.2. The number of aliphatic carboxylic acids is 1. The third-order valence-electron chi connectivity index (χ3n) is 2.25. The van der Waals surface area contributed by atoms with Crippen molar-refractivity contribution in [2.75, 3.05) is 26.4 Å². The molecule has 0 saturated carbocycles. The second-order valence-electron chi connectivity index (χ2n) is 3.83. The van der Waals surface area contributed by atoms with Crippen LogP contribution >= 0.6 is 11.8 Å². The van der Waals surface area contributed by atoms with Gasteiger partial charge < -0.3 is 14.9 Å². The van der Waals surface area contributed by atoms with E-state index in [2.05, 4.69) is 0 Å². The van der Waals surface area contributed by atoms with Crippen molar-refractivity contribution in [1.82, 2.24) is 9.80 Å². The number of likely N-dealkylation sites (N-methyl/N-ethyl adjacent to an activating group) is 1. The summed E-state index contributed by atoms with van der Waals surface area (Å²) >= 11 is 1.50. The summed E-state index contributed by atoms with van der Waals surface area (Å²) in [6.45, 7) is 2.12. The lowest BCUT2D eigenvalue weighted by Crippen LogP contribution is -2.47. The standard InChI is InChI=1S/C9H16N2O3S/c1-6-11(8(12)4-10(2)3)7(5-15-6)9(13)14/h6-7H,4-5H2,1-3H3,(H,13,14). The Morgan fingerprint density at radius 3 is 2.60 bits per heavy atom. The van der Waals surface area contributed by atoms with Crippen LogP contribution in [0.15, 0.2) is 0 Å². The van der Waals surface area contributed by atoms with Gasteiger partial charge in [-0.05, 0) is 21.0 Å². The molecule has 2 unspecified atom stereocenters. The molecule has 1 heterocycles. The molecule has 6 heteroatoms. The normalized spacial score (nSPS) is 26.0. The Kier molecular flexibility index (Phi) is 3.98. The van der Waals surface area contributed by atoms with Crippen LogP contribution in [-0.4, -0.2) is 64.6 Å². The van der Waals surface area contributed by atoms with Gasteiger partial charge in [-0.2, -0.15) is 0 Å². The predicted octanol–water partition coefficient (Wildman–Crippen LogP) is -0.0774. The topological polar surface area (TPSA) is 60.9 Å². The maximum Gasteiger partial charge on any atom is 0.327 e. The highest BCUT2D eigenvalue weighted by molar-refractivity contribution is 8.00. The first-order chi connectivity index (χ1) is 6.93. The zero-order chi connectivity index (χ0) is 11.6. The molecular weight excluding hydrogens is 216 g/mol. The van der Waals surface area contributed by atoms with Gasteiger partial charge in [-0.25, -0.2) is 4.79 Å². The van der Waals surface area contributed by atoms with E-state index >= 15 is 0 Å². The fourth-order valence-corrected chi connectivity index (χ4v) is 2.75. The van der Waals surface area contributed by atoms with Crippen LogP contribution in [0.3, 0.4) is 0 Å². The summed E-state index contributed by atoms with van der Waals surface area (Å²) in [5.41, 5.74) is 0. The molecule has 1 N–H and O–H groups in total. The van der Waals surface area contributed by atoms with E-state index in [1.165, 1.54) is 16.7 Å². The van der Waals surface area contributed by atoms with Gasteiger partial charge in [0.1, 0.15) is 6.04 Å². The zero-order valence-corrected chi connectivity index (χ0v) is 9.95. The number of carboxylic acids is 1. The van der Waals surface area contributed by atoms with Crippen LogP contribution in [0.25, 0.3) is 0 Å². The summed E-state index contributed by atoms with van der Waals surface area (Å²) in [5.74, 6) is -0.556. The van der Waals surface area contributed by atoms with Crippen LogP contribution in [-0.2, 0) is 9.59 Å². The summed E-state index contributed by atoms with van der Waals surface area (Å²) in [4.78, 5) is 25.9. The third-order valence-corrected chi connectivity index (χ3v) is 3.47. The molecule has 2 atom stereocenters. The van der Waals surface area contributed by atoms with E-state index in [0.717, 1.165) is 0 Å². The Morgan fingerprint density at radius 1 is 1.53 bits per heavy atom. The van der Waals surface area contributed by atoms with E-state index in [-0.39, 0.29) is 17.8 Å². The number of hydrogen-bond acceptors (Lipinski definition) is 4. The van der Waals surface area contributed by atoms with Gasteiger partial charge in [-0.1, -0.05) is 0 Å². The Labute approximate surface area is 93.4 Å². The molecule has 5 nitrogen and oxygen atoms in total. The SMILES string of the molecule is CC1SCC(C(=O)O)N1C(=O)CN(C)C. The zero-order valence-electron chi connectivity index (χ0n) is 9.14. The third kappa shape index (κ3) is 2.85. The monoisotopic (exact) mass is 232 g/mol. The molecule has 0 aliphatic carbocycles. The minimum atomic E-state index is -0.918.